The number of aromatic hydroxyl groups is 1. The van der Waals surface area contributed by atoms with Gasteiger partial charge in [0.05, 0.1) is 5.56 Å². The van der Waals surface area contributed by atoms with Gasteiger partial charge in [-0.1, -0.05) is 15.9 Å². The largest absolute Gasteiger partial charge is 0.508 e. The molecule has 0 unspecified atom stereocenters. The average molecular weight is 509 g/mol. The van der Waals surface area contributed by atoms with Crippen molar-refractivity contribution in [2.75, 3.05) is 0 Å². The Kier molecular flexibility index (Phi) is 8.34. The highest BCUT2D eigenvalue weighted by Crippen LogP contribution is 2.31. The number of phenols is 1. The molecule has 0 aliphatic rings. The molecule has 0 aliphatic heterocycles. The van der Waals surface area contributed by atoms with Crippen LogP contribution >= 0.6 is 15.9 Å². The van der Waals surface area contributed by atoms with E-state index in [9.17, 15) is 44.7 Å². The Morgan fingerprint density at radius 3 is 1.80 bits per heavy atom. The maximum atomic E-state index is 12.1. The van der Waals surface area contributed by atoms with Gasteiger partial charge in [0.15, 0.2) is 0 Å². The van der Waals surface area contributed by atoms with Gasteiger partial charge in [0, 0.05) is 10.0 Å². The van der Waals surface area contributed by atoms with Crippen molar-refractivity contribution in [3.8, 4) is 11.5 Å². The minimum atomic E-state index is -5.14. The van der Waals surface area contributed by atoms with Gasteiger partial charge in [-0.05, 0) is 42.5 Å². The number of ketones is 2. The lowest BCUT2D eigenvalue weighted by Crippen LogP contribution is -2.23. The van der Waals surface area contributed by atoms with Gasteiger partial charge in [-0.2, -0.15) is 35.1 Å². The van der Waals surface area contributed by atoms with E-state index < -0.39 is 47.4 Å². The Morgan fingerprint density at radius 2 is 1.37 bits per heavy atom. The number of ether oxygens (including phenoxy) is 1. The second-order valence-electron chi connectivity index (χ2n) is 5.22. The predicted molar refractivity (Wildman–Crippen MR) is 89.7 cm³/mol. The quantitative estimate of drug-likeness (QED) is 0.410. The van der Waals surface area contributed by atoms with Crippen LogP contribution in [0.3, 0.4) is 0 Å². The molecule has 0 spiro atoms. The third kappa shape index (κ3) is 7.61. The Labute approximate surface area is 171 Å². The maximum Gasteiger partial charge on any atom is 0.455 e. The summed E-state index contributed by atoms with van der Waals surface area (Å²) in [6, 6.07) is 6.65. The van der Waals surface area contributed by atoms with Crippen LogP contribution in [0.1, 0.15) is 20.7 Å². The number of Topliss-reactive ketones (excluding diaryl/α,β-unsaturated/α-hetero) is 2. The molecular formula is C17H9BrF8O4. The first-order valence-corrected chi connectivity index (χ1v) is 8.18. The summed E-state index contributed by atoms with van der Waals surface area (Å²) in [5, 5.41) is 8.75. The first kappa shape index (κ1) is 25.3. The number of carbonyl (C=O) groups is 2. The summed E-state index contributed by atoms with van der Waals surface area (Å²) in [5.74, 6) is -5.15. The van der Waals surface area contributed by atoms with Crippen molar-refractivity contribution in [3.63, 3.8) is 0 Å². The summed E-state index contributed by atoms with van der Waals surface area (Å²) in [7, 11) is 0. The van der Waals surface area contributed by atoms with Crippen molar-refractivity contribution in [1.82, 2.24) is 0 Å². The lowest BCUT2D eigenvalue weighted by molar-refractivity contribution is -0.0896. The molecule has 164 valence electrons. The fourth-order valence-electron chi connectivity index (χ4n) is 1.81. The summed E-state index contributed by atoms with van der Waals surface area (Å²) >= 11 is 2.87. The van der Waals surface area contributed by atoms with E-state index in [0.29, 0.717) is 0 Å². The number of hydrogen-bond acceptors (Lipinski definition) is 4. The summed E-state index contributed by atoms with van der Waals surface area (Å²) < 4.78 is 99.9. The molecular weight excluding hydrogens is 500 g/mol. The number of phenolic OH excluding ortho intramolecular Hbond substituents is 1. The van der Waals surface area contributed by atoms with Crippen molar-refractivity contribution in [1.29, 1.82) is 0 Å². The zero-order chi connectivity index (χ0) is 23.3. The SMILES string of the molecule is O=C(c1ccc(Br)cc1OC(F)F)C(F)(F)F.O=C(c1ccc(O)cc1)C(F)(F)F. The van der Waals surface area contributed by atoms with Crippen LogP contribution in [0.2, 0.25) is 0 Å². The van der Waals surface area contributed by atoms with E-state index in [0.717, 1.165) is 42.5 Å². The molecule has 13 heteroatoms. The second-order valence-corrected chi connectivity index (χ2v) is 6.14. The predicted octanol–water partition coefficient (Wildman–Crippen LogP) is 5.93. The molecule has 0 radical (unpaired) electrons. The van der Waals surface area contributed by atoms with Crippen molar-refractivity contribution in [2.45, 2.75) is 19.0 Å². The molecule has 2 aromatic carbocycles. The van der Waals surface area contributed by atoms with E-state index in [4.69, 9.17) is 5.11 Å². The third-order valence-corrected chi connectivity index (χ3v) is 3.54. The molecule has 0 saturated heterocycles. The number of benzene rings is 2. The van der Waals surface area contributed by atoms with E-state index in [1.165, 1.54) is 0 Å². The van der Waals surface area contributed by atoms with Crippen LogP contribution in [0.25, 0.3) is 0 Å². The molecule has 2 aromatic rings. The number of alkyl halides is 8. The minimum Gasteiger partial charge on any atom is -0.508 e. The Hall–Kier alpha value is -2.70. The van der Waals surface area contributed by atoms with Gasteiger partial charge in [-0.3, -0.25) is 9.59 Å². The van der Waals surface area contributed by atoms with E-state index >= 15 is 0 Å². The van der Waals surface area contributed by atoms with Crippen molar-refractivity contribution < 1.29 is 54.6 Å². The van der Waals surface area contributed by atoms with Gasteiger partial charge < -0.3 is 9.84 Å². The normalized spacial score (nSPS) is 11.5. The molecule has 0 fully saturated rings. The molecule has 0 bridgehead atoms. The number of carbonyl (C=O) groups excluding carboxylic acids is 2. The highest BCUT2D eigenvalue weighted by molar-refractivity contribution is 9.10. The van der Waals surface area contributed by atoms with Crippen molar-refractivity contribution in [2.24, 2.45) is 0 Å². The van der Waals surface area contributed by atoms with Crippen LogP contribution in [-0.2, 0) is 0 Å². The highest BCUT2D eigenvalue weighted by Gasteiger charge is 2.41. The molecule has 1 N–H and O–H groups in total. The molecule has 30 heavy (non-hydrogen) atoms. The molecule has 0 atom stereocenters. The topological polar surface area (TPSA) is 63.6 Å². The molecule has 0 amide bonds. The summed E-state index contributed by atoms with van der Waals surface area (Å²) in [5.41, 5.74) is -1.44. The summed E-state index contributed by atoms with van der Waals surface area (Å²) in [6.45, 7) is -3.32. The summed E-state index contributed by atoms with van der Waals surface area (Å²) in [4.78, 5) is 21.5. The highest BCUT2D eigenvalue weighted by atomic mass is 79.9. The lowest BCUT2D eigenvalue weighted by Gasteiger charge is -2.11. The maximum absolute atomic E-state index is 12.1. The molecule has 0 heterocycles. The molecule has 2 rings (SSSR count). The number of halogens is 9. The van der Waals surface area contributed by atoms with Gasteiger partial charge in [0.25, 0.3) is 11.6 Å². The van der Waals surface area contributed by atoms with Gasteiger partial charge in [-0.25, -0.2) is 0 Å². The van der Waals surface area contributed by atoms with Gasteiger partial charge in [0.2, 0.25) is 0 Å². The standard InChI is InChI=1S/C9H4BrF5O2.C8H5F3O2/c10-4-1-2-5(7(16)9(13,14)15)6(3-4)17-8(11)12;9-8(10,11)7(13)5-1-3-6(12)4-2-5/h1-3,8H;1-4,12H. The van der Waals surface area contributed by atoms with Crippen LogP contribution in [0, 0.1) is 0 Å². The van der Waals surface area contributed by atoms with E-state index in [1.54, 1.807) is 0 Å². The lowest BCUT2D eigenvalue weighted by atomic mass is 10.1. The Morgan fingerprint density at radius 1 is 0.867 bits per heavy atom. The molecule has 0 saturated carbocycles. The van der Waals surface area contributed by atoms with Crippen molar-refractivity contribution in [3.05, 3.63) is 58.1 Å². The van der Waals surface area contributed by atoms with E-state index in [-0.39, 0.29) is 10.2 Å². The van der Waals surface area contributed by atoms with E-state index in [2.05, 4.69) is 20.7 Å². The van der Waals surface area contributed by atoms with Crippen LogP contribution in [0.4, 0.5) is 35.1 Å². The van der Waals surface area contributed by atoms with Gasteiger partial charge in [0.1, 0.15) is 11.5 Å². The molecule has 0 aromatic heterocycles. The van der Waals surface area contributed by atoms with Gasteiger partial charge in [-0.15, -0.1) is 0 Å². The number of rotatable bonds is 4. The minimum absolute atomic E-state index is 0.182. The van der Waals surface area contributed by atoms with Gasteiger partial charge >= 0.3 is 19.0 Å². The monoisotopic (exact) mass is 508 g/mol. The zero-order valence-corrected chi connectivity index (χ0v) is 15.8. The molecule has 0 aliphatic carbocycles. The zero-order valence-electron chi connectivity index (χ0n) is 14.2. The molecule has 4 nitrogen and oxygen atoms in total. The Bertz CT molecular complexity index is 892. The fraction of sp³-hybridized carbons (Fsp3) is 0.176. The third-order valence-electron chi connectivity index (χ3n) is 3.05. The van der Waals surface area contributed by atoms with E-state index in [1.807, 2.05) is 0 Å². The smallest absolute Gasteiger partial charge is 0.455 e. The van der Waals surface area contributed by atoms with Crippen LogP contribution in [-0.4, -0.2) is 35.6 Å². The Balaban J connectivity index is 0.000000311. The summed E-state index contributed by atoms with van der Waals surface area (Å²) in [6.07, 6.45) is -10.0. The number of hydrogen-bond donors (Lipinski definition) is 1. The average Bonchev–Trinajstić information content (AvgIpc) is 2.60. The first-order chi connectivity index (χ1) is 13.6. The first-order valence-electron chi connectivity index (χ1n) is 7.39. The van der Waals surface area contributed by atoms with Crippen LogP contribution < -0.4 is 4.74 Å². The fourth-order valence-corrected chi connectivity index (χ4v) is 2.15. The van der Waals surface area contributed by atoms with Crippen LogP contribution in [0.5, 0.6) is 11.5 Å². The second kappa shape index (κ2) is 9.87. The van der Waals surface area contributed by atoms with Crippen molar-refractivity contribution >= 4 is 27.5 Å². The van der Waals surface area contributed by atoms with Crippen LogP contribution in [0.15, 0.2) is 46.9 Å².